The lowest BCUT2D eigenvalue weighted by Crippen LogP contribution is -2.17. The van der Waals surface area contributed by atoms with Gasteiger partial charge in [-0.25, -0.2) is 14.4 Å². The number of nitrogens with one attached hydrogen (secondary N) is 1. The standard InChI is InChI=1S/C15H13BrFN3OS/c1-21-7-12(9-2-4-10(17)5-3-9)20-15-14-11(18-8-19-15)6-13(16)22-14/h2-6,8,12H,7H2,1H3,(H,18,19,20)/t12-/m1/s1. The van der Waals surface area contributed by atoms with Gasteiger partial charge in [0.1, 0.15) is 18.0 Å². The largest absolute Gasteiger partial charge is 0.382 e. The Hall–Kier alpha value is -1.57. The Bertz CT molecular complexity index is 778. The molecule has 0 aliphatic carbocycles. The van der Waals surface area contributed by atoms with Gasteiger partial charge in [-0.15, -0.1) is 11.3 Å². The van der Waals surface area contributed by atoms with Crippen LogP contribution in [0.5, 0.6) is 0 Å². The zero-order chi connectivity index (χ0) is 15.5. The van der Waals surface area contributed by atoms with Crippen molar-refractivity contribution >= 4 is 43.3 Å². The predicted molar refractivity (Wildman–Crippen MR) is 89.8 cm³/mol. The molecule has 3 rings (SSSR count). The molecule has 22 heavy (non-hydrogen) atoms. The molecule has 0 unspecified atom stereocenters. The second kappa shape index (κ2) is 6.68. The molecule has 4 nitrogen and oxygen atoms in total. The van der Waals surface area contributed by atoms with Gasteiger partial charge in [-0.2, -0.15) is 0 Å². The summed E-state index contributed by atoms with van der Waals surface area (Å²) in [6, 6.07) is 8.21. The Morgan fingerprint density at radius 3 is 2.82 bits per heavy atom. The molecule has 1 aromatic carbocycles. The Labute approximate surface area is 139 Å². The molecule has 0 aliphatic heterocycles. The molecule has 0 saturated heterocycles. The highest BCUT2D eigenvalue weighted by Gasteiger charge is 2.15. The molecule has 0 amide bonds. The van der Waals surface area contributed by atoms with Gasteiger partial charge >= 0.3 is 0 Å². The Morgan fingerprint density at radius 2 is 2.09 bits per heavy atom. The van der Waals surface area contributed by atoms with E-state index in [-0.39, 0.29) is 11.9 Å². The third-order valence-electron chi connectivity index (χ3n) is 3.20. The summed E-state index contributed by atoms with van der Waals surface area (Å²) in [6.45, 7) is 0.448. The molecule has 1 atom stereocenters. The number of hydrogen-bond donors (Lipinski definition) is 1. The summed E-state index contributed by atoms with van der Waals surface area (Å²) in [5, 5.41) is 3.36. The number of halogens is 2. The van der Waals surface area contributed by atoms with E-state index in [4.69, 9.17) is 4.74 Å². The molecular formula is C15H13BrFN3OS. The van der Waals surface area contributed by atoms with Crippen molar-refractivity contribution < 1.29 is 9.13 Å². The molecule has 0 saturated carbocycles. The van der Waals surface area contributed by atoms with E-state index in [1.54, 1.807) is 30.6 Å². The van der Waals surface area contributed by atoms with Crippen molar-refractivity contribution in [3.05, 3.63) is 51.8 Å². The number of methoxy groups -OCH3 is 1. The van der Waals surface area contributed by atoms with Crippen LogP contribution in [0.2, 0.25) is 0 Å². The van der Waals surface area contributed by atoms with Gasteiger partial charge < -0.3 is 10.1 Å². The van der Waals surface area contributed by atoms with E-state index in [0.29, 0.717) is 6.61 Å². The van der Waals surface area contributed by atoms with Gasteiger partial charge in [-0.1, -0.05) is 12.1 Å². The van der Waals surface area contributed by atoms with E-state index in [9.17, 15) is 4.39 Å². The number of thiophene rings is 1. The normalized spacial score (nSPS) is 12.5. The molecule has 1 N–H and O–H groups in total. The molecule has 0 bridgehead atoms. The van der Waals surface area contributed by atoms with E-state index in [1.807, 2.05) is 6.07 Å². The van der Waals surface area contributed by atoms with E-state index >= 15 is 0 Å². The molecule has 0 radical (unpaired) electrons. The lowest BCUT2D eigenvalue weighted by atomic mass is 10.1. The summed E-state index contributed by atoms with van der Waals surface area (Å²) in [5.41, 5.74) is 1.82. The van der Waals surface area contributed by atoms with Gasteiger partial charge in [-0.05, 0) is 39.7 Å². The zero-order valence-corrected chi connectivity index (χ0v) is 14.1. The fraction of sp³-hybridized carbons (Fsp3) is 0.200. The summed E-state index contributed by atoms with van der Waals surface area (Å²) < 4.78 is 20.3. The highest BCUT2D eigenvalue weighted by atomic mass is 79.9. The van der Waals surface area contributed by atoms with Crippen LogP contribution in [-0.2, 0) is 4.74 Å². The van der Waals surface area contributed by atoms with Crippen molar-refractivity contribution in [1.29, 1.82) is 0 Å². The van der Waals surface area contributed by atoms with Gasteiger partial charge in [0.15, 0.2) is 0 Å². The minimum atomic E-state index is -0.258. The quantitative estimate of drug-likeness (QED) is 0.711. The van der Waals surface area contributed by atoms with Gasteiger partial charge in [0.25, 0.3) is 0 Å². The summed E-state index contributed by atoms with van der Waals surface area (Å²) in [7, 11) is 1.63. The number of nitrogens with zero attached hydrogens (tertiary/aromatic N) is 2. The van der Waals surface area contributed by atoms with Gasteiger partial charge in [0, 0.05) is 7.11 Å². The van der Waals surface area contributed by atoms with Crippen LogP contribution in [0.1, 0.15) is 11.6 Å². The molecule has 114 valence electrons. The first-order chi connectivity index (χ1) is 10.7. The van der Waals surface area contributed by atoms with Crippen molar-refractivity contribution in [2.24, 2.45) is 0 Å². The fourth-order valence-electron chi connectivity index (χ4n) is 2.18. The lowest BCUT2D eigenvalue weighted by Gasteiger charge is -2.19. The van der Waals surface area contributed by atoms with Crippen molar-refractivity contribution in [2.75, 3.05) is 19.0 Å². The Kier molecular flexibility index (Phi) is 4.66. The van der Waals surface area contributed by atoms with Crippen LogP contribution < -0.4 is 5.32 Å². The number of fused-ring (bicyclic) bond motifs is 1. The average Bonchev–Trinajstić information content (AvgIpc) is 2.89. The summed E-state index contributed by atoms with van der Waals surface area (Å²) in [6.07, 6.45) is 1.53. The molecule has 2 aromatic heterocycles. The predicted octanol–water partition coefficient (Wildman–Crippen LogP) is 4.39. The minimum absolute atomic E-state index is 0.121. The van der Waals surface area contributed by atoms with Crippen LogP contribution in [0.4, 0.5) is 10.2 Å². The van der Waals surface area contributed by atoms with E-state index < -0.39 is 0 Å². The second-order valence-electron chi connectivity index (χ2n) is 4.69. The number of ether oxygens (including phenoxy) is 1. The van der Waals surface area contributed by atoms with Crippen LogP contribution in [0.15, 0.2) is 40.4 Å². The first-order valence-electron chi connectivity index (χ1n) is 6.58. The molecule has 7 heteroatoms. The second-order valence-corrected chi connectivity index (χ2v) is 7.12. The van der Waals surface area contributed by atoms with Crippen LogP contribution in [0, 0.1) is 5.82 Å². The minimum Gasteiger partial charge on any atom is -0.382 e. The number of aromatic nitrogens is 2. The first kappa shape index (κ1) is 15.3. The first-order valence-corrected chi connectivity index (χ1v) is 8.19. The third kappa shape index (κ3) is 3.26. The maximum atomic E-state index is 13.1. The monoisotopic (exact) mass is 381 g/mol. The van der Waals surface area contributed by atoms with E-state index in [0.717, 1.165) is 25.4 Å². The average molecular weight is 382 g/mol. The van der Waals surface area contributed by atoms with E-state index in [2.05, 4.69) is 31.2 Å². The number of hydrogen-bond acceptors (Lipinski definition) is 5. The van der Waals surface area contributed by atoms with Crippen LogP contribution in [-0.4, -0.2) is 23.7 Å². The molecule has 0 fully saturated rings. The van der Waals surface area contributed by atoms with Gasteiger partial charge in [-0.3, -0.25) is 0 Å². The number of benzene rings is 1. The summed E-state index contributed by atoms with van der Waals surface area (Å²) in [5.74, 6) is 0.485. The highest BCUT2D eigenvalue weighted by molar-refractivity contribution is 9.11. The summed E-state index contributed by atoms with van der Waals surface area (Å²) in [4.78, 5) is 8.57. The topological polar surface area (TPSA) is 47.0 Å². The van der Waals surface area contributed by atoms with E-state index in [1.165, 1.54) is 18.5 Å². The summed E-state index contributed by atoms with van der Waals surface area (Å²) >= 11 is 5.03. The Balaban J connectivity index is 1.94. The molecule has 3 aromatic rings. The van der Waals surface area contributed by atoms with Crippen molar-refractivity contribution in [1.82, 2.24) is 9.97 Å². The van der Waals surface area contributed by atoms with Crippen LogP contribution in [0.25, 0.3) is 10.2 Å². The number of rotatable bonds is 5. The lowest BCUT2D eigenvalue weighted by molar-refractivity contribution is 0.186. The van der Waals surface area contributed by atoms with Crippen molar-refractivity contribution in [2.45, 2.75) is 6.04 Å². The van der Waals surface area contributed by atoms with Gasteiger partial charge in [0.05, 0.1) is 26.7 Å². The smallest absolute Gasteiger partial charge is 0.148 e. The van der Waals surface area contributed by atoms with Crippen LogP contribution in [0.3, 0.4) is 0 Å². The molecule has 0 aliphatic rings. The van der Waals surface area contributed by atoms with Gasteiger partial charge in [0.2, 0.25) is 0 Å². The maximum Gasteiger partial charge on any atom is 0.148 e. The van der Waals surface area contributed by atoms with Crippen LogP contribution >= 0.6 is 27.3 Å². The number of anilines is 1. The highest BCUT2D eigenvalue weighted by Crippen LogP contribution is 2.33. The third-order valence-corrected chi connectivity index (χ3v) is 4.83. The molecule has 2 heterocycles. The fourth-order valence-corrected chi connectivity index (χ4v) is 3.67. The maximum absolute atomic E-state index is 13.1. The molecule has 0 spiro atoms. The van der Waals surface area contributed by atoms with Crippen molar-refractivity contribution in [3.63, 3.8) is 0 Å². The Morgan fingerprint density at radius 1 is 1.32 bits per heavy atom. The zero-order valence-electron chi connectivity index (χ0n) is 11.7. The molecular weight excluding hydrogens is 369 g/mol. The SMILES string of the molecule is COC[C@@H](Nc1ncnc2cc(Br)sc12)c1ccc(F)cc1. The van der Waals surface area contributed by atoms with Crippen molar-refractivity contribution in [3.8, 4) is 0 Å².